The number of anilines is 3. The predicted molar refractivity (Wildman–Crippen MR) is 208 cm³/mol. The van der Waals surface area contributed by atoms with E-state index in [-0.39, 0.29) is 5.70 Å². The van der Waals surface area contributed by atoms with E-state index in [0.29, 0.717) is 17.8 Å². The monoisotopic (exact) mass is 657 g/mol. The molecule has 0 amide bonds. The molecule has 1 atom stereocenters. The molecular formula is C47H35N3O. The van der Waals surface area contributed by atoms with Crippen molar-refractivity contribution in [2.24, 2.45) is 0 Å². The summed E-state index contributed by atoms with van der Waals surface area (Å²) in [7, 11) is 0. The summed E-state index contributed by atoms with van der Waals surface area (Å²) in [5, 5.41) is 9.67. The third-order valence-electron chi connectivity index (χ3n) is 9.15. The molecule has 0 aromatic heterocycles. The van der Waals surface area contributed by atoms with Crippen LogP contribution in [-0.4, -0.2) is 0 Å². The average molecular weight is 658 g/mol. The van der Waals surface area contributed by atoms with Gasteiger partial charge in [-0.25, -0.2) is 10.1 Å². The Kier molecular flexibility index (Phi) is 9.42. The minimum Gasteiger partial charge on any atom is -0.483 e. The first-order valence-electron chi connectivity index (χ1n) is 16.9. The first kappa shape index (κ1) is 32.7. The molecule has 0 saturated carbocycles. The van der Waals surface area contributed by atoms with Gasteiger partial charge in [0.15, 0.2) is 0 Å². The van der Waals surface area contributed by atoms with Crippen LogP contribution >= 0.6 is 0 Å². The highest BCUT2D eigenvalue weighted by atomic mass is 16.5. The molecule has 1 unspecified atom stereocenters. The molecule has 4 nitrogen and oxygen atoms in total. The summed E-state index contributed by atoms with van der Waals surface area (Å²) in [6.07, 6.45) is 6.16. The first-order valence-corrected chi connectivity index (χ1v) is 16.9. The molecule has 1 aliphatic rings. The summed E-state index contributed by atoms with van der Waals surface area (Å²) in [5.74, 6) is 0.599. The van der Waals surface area contributed by atoms with Crippen LogP contribution in [0, 0.1) is 17.9 Å². The van der Waals surface area contributed by atoms with Gasteiger partial charge in [0.05, 0.1) is 12.6 Å². The summed E-state index contributed by atoms with van der Waals surface area (Å²) in [6.45, 7) is 9.57. The summed E-state index contributed by atoms with van der Waals surface area (Å²) in [4.78, 5) is 5.76. The molecule has 0 aliphatic carbocycles. The highest BCUT2D eigenvalue weighted by Crippen LogP contribution is 2.41. The Bertz CT molecular complexity index is 2190. The highest BCUT2D eigenvalue weighted by molar-refractivity contribution is 5.80. The molecule has 0 spiro atoms. The Morgan fingerprint density at radius 2 is 1.10 bits per heavy atom. The topological polar surface area (TPSA) is 40.6 Å². The maximum Gasteiger partial charge on any atom is 0.265 e. The highest BCUT2D eigenvalue weighted by Gasteiger charge is 2.34. The van der Waals surface area contributed by atoms with Crippen molar-refractivity contribution in [2.75, 3.05) is 4.90 Å². The maximum absolute atomic E-state index is 9.67. The SMILES string of the molecule is [C-]#[N+]C(C#N)=C1C=C(C=Cc2ccc(N(c3ccc(-c4ccccc4)cc3)c3ccc(-c4ccccc4)cc3)cc2)OC(C)(c2ccccc2)C1. The Labute approximate surface area is 300 Å². The smallest absolute Gasteiger partial charge is 0.265 e. The fraction of sp³-hybridized carbons (Fsp3) is 0.0638. The molecule has 7 rings (SSSR count). The Morgan fingerprint density at radius 1 is 0.647 bits per heavy atom. The normalized spacial score (nSPS) is 16.3. The second-order valence-corrected chi connectivity index (χ2v) is 12.6. The van der Waals surface area contributed by atoms with Crippen LogP contribution < -0.4 is 4.90 Å². The van der Waals surface area contributed by atoms with Crippen molar-refractivity contribution < 1.29 is 4.74 Å². The van der Waals surface area contributed by atoms with Crippen LogP contribution in [0.25, 0.3) is 33.2 Å². The molecular weight excluding hydrogens is 623 g/mol. The third kappa shape index (κ3) is 7.27. The summed E-state index contributed by atoms with van der Waals surface area (Å²) in [6, 6.07) is 58.6. The van der Waals surface area contributed by atoms with Crippen LogP contribution in [0.15, 0.2) is 193 Å². The number of allylic oxidation sites excluding steroid dienone is 3. The Morgan fingerprint density at radius 3 is 1.57 bits per heavy atom. The summed E-state index contributed by atoms with van der Waals surface area (Å²) in [5.41, 5.74) is 9.85. The lowest BCUT2D eigenvalue weighted by atomic mass is 9.85. The standard InChI is InChI=1S/C47H35N3O/c1-47(41-16-10-5-11-17-41)33-40(46(34-48)49-2)32-45(51-47)31-20-35-18-25-42(26-19-35)50(43-27-21-38(22-28-43)36-12-6-3-7-13-36)44-29-23-39(24-30-44)37-14-8-4-9-15-37/h3-32H,33H2,1H3. The van der Waals surface area contributed by atoms with Gasteiger partial charge in [-0.2, -0.15) is 0 Å². The first-order chi connectivity index (χ1) is 25.0. The van der Waals surface area contributed by atoms with Crippen molar-refractivity contribution in [2.45, 2.75) is 18.9 Å². The third-order valence-corrected chi connectivity index (χ3v) is 9.15. The number of hydrogen-bond donors (Lipinski definition) is 0. The largest absolute Gasteiger partial charge is 0.483 e. The van der Waals surface area contributed by atoms with Crippen molar-refractivity contribution in [1.82, 2.24) is 0 Å². The van der Waals surface area contributed by atoms with Gasteiger partial charge in [0, 0.05) is 23.5 Å². The van der Waals surface area contributed by atoms with E-state index in [1.54, 1.807) is 0 Å². The Hall–Kier alpha value is -6.88. The maximum atomic E-state index is 9.67. The Balaban J connectivity index is 1.20. The van der Waals surface area contributed by atoms with Crippen molar-refractivity contribution in [3.05, 3.63) is 216 Å². The minimum absolute atomic E-state index is 0.0874. The number of hydrogen-bond acceptors (Lipinski definition) is 3. The fourth-order valence-corrected chi connectivity index (χ4v) is 6.49. The number of ether oxygens (including phenoxy) is 1. The lowest BCUT2D eigenvalue weighted by Gasteiger charge is -2.36. The quantitative estimate of drug-likeness (QED) is 0.121. The van der Waals surface area contributed by atoms with E-state index in [2.05, 4.69) is 137 Å². The molecule has 0 radical (unpaired) electrons. The second-order valence-electron chi connectivity index (χ2n) is 12.6. The zero-order valence-electron chi connectivity index (χ0n) is 28.3. The van der Waals surface area contributed by atoms with E-state index in [1.165, 1.54) is 11.1 Å². The molecule has 6 aromatic rings. The van der Waals surface area contributed by atoms with E-state index in [4.69, 9.17) is 11.3 Å². The number of nitrogens with zero attached hydrogens (tertiary/aromatic N) is 3. The van der Waals surface area contributed by atoms with E-state index in [0.717, 1.165) is 39.3 Å². The van der Waals surface area contributed by atoms with Gasteiger partial charge in [-0.3, -0.25) is 0 Å². The molecule has 0 saturated heterocycles. The van der Waals surface area contributed by atoms with E-state index in [1.807, 2.05) is 67.6 Å². The minimum atomic E-state index is -0.714. The van der Waals surface area contributed by atoms with Crippen molar-refractivity contribution >= 4 is 23.1 Å². The van der Waals surface area contributed by atoms with Gasteiger partial charge in [0.2, 0.25) is 0 Å². The van der Waals surface area contributed by atoms with Gasteiger partial charge in [0.25, 0.3) is 5.70 Å². The van der Waals surface area contributed by atoms with Gasteiger partial charge < -0.3 is 9.64 Å². The average Bonchev–Trinajstić information content (AvgIpc) is 3.20. The van der Waals surface area contributed by atoms with Crippen LogP contribution in [0.2, 0.25) is 0 Å². The van der Waals surface area contributed by atoms with Crippen LogP contribution in [0.4, 0.5) is 17.1 Å². The van der Waals surface area contributed by atoms with Crippen LogP contribution in [0.5, 0.6) is 0 Å². The molecule has 4 heteroatoms. The molecule has 6 aromatic carbocycles. The van der Waals surface area contributed by atoms with Crippen LogP contribution in [0.3, 0.4) is 0 Å². The van der Waals surface area contributed by atoms with Crippen LogP contribution in [-0.2, 0) is 10.3 Å². The lowest BCUT2D eigenvalue weighted by molar-refractivity contribution is 0.0143. The molecule has 0 N–H and O–H groups in total. The van der Waals surface area contributed by atoms with Crippen molar-refractivity contribution in [3.8, 4) is 28.3 Å². The zero-order chi connectivity index (χ0) is 35.0. The second kappa shape index (κ2) is 14.7. The predicted octanol–water partition coefficient (Wildman–Crippen LogP) is 12.4. The van der Waals surface area contributed by atoms with Crippen LogP contribution in [0.1, 0.15) is 24.5 Å². The van der Waals surface area contributed by atoms with Gasteiger partial charge >= 0.3 is 0 Å². The molecule has 0 bridgehead atoms. The molecule has 1 heterocycles. The molecule has 1 aliphatic heterocycles. The summed E-state index contributed by atoms with van der Waals surface area (Å²) >= 11 is 0. The van der Waals surface area contributed by atoms with E-state index >= 15 is 0 Å². The summed E-state index contributed by atoms with van der Waals surface area (Å²) < 4.78 is 6.53. The molecule has 51 heavy (non-hydrogen) atoms. The van der Waals surface area contributed by atoms with Gasteiger partial charge in [-0.1, -0.05) is 133 Å². The number of rotatable bonds is 8. The van der Waals surface area contributed by atoms with Gasteiger partial charge in [-0.15, -0.1) is 0 Å². The van der Waals surface area contributed by atoms with E-state index in [9.17, 15) is 5.26 Å². The lowest BCUT2D eigenvalue weighted by Crippen LogP contribution is -2.29. The fourth-order valence-electron chi connectivity index (χ4n) is 6.49. The van der Waals surface area contributed by atoms with Crippen molar-refractivity contribution in [3.63, 3.8) is 0 Å². The molecule has 244 valence electrons. The van der Waals surface area contributed by atoms with Gasteiger partial charge in [0.1, 0.15) is 11.4 Å². The van der Waals surface area contributed by atoms with Gasteiger partial charge in [-0.05, 0) is 94.4 Å². The van der Waals surface area contributed by atoms with Crippen molar-refractivity contribution in [1.29, 1.82) is 5.26 Å². The zero-order valence-corrected chi connectivity index (χ0v) is 28.3. The number of nitriles is 1. The van der Waals surface area contributed by atoms with E-state index < -0.39 is 5.60 Å². The molecule has 0 fully saturated rings. The number of benzene rings is 6.